The van der Waals surface area contributed by atoms with Gasteiger partial charge in [0.1, 0.15) is 12.1 Å². The topological polar surface area (TPSA) is 56.4 Å². The average molecular weight is 534 g/mol. The molecule has 5 aromatic rings. The van der Waals surface area contributed by atoms with Gasteiger partial charge in [-0.2, -0.15) is 0 Å². The quantitative estimate of drug-likeness (QED) is 0.261. The first kappa shape index (κ1) is 24.6. The van der Waals surface area contributed by atoms with E-state index < -0.39 is 0 Å². The lowest BCUT2D eigenvalue weighted by molar-refractivity contribution is 0.0782. The summed E-state index contributed by atoms with van der Waals surface area (Å²) in [5.74, 6) is -0.159. The summed E-state index contributed by atoms with van der Waals surface area (Å²) in [5.41, 5.74) is 7.21. The molecule has 7 rings (SSSR count). The highest BCUT2D eigenvalue weighted by molar-refractivity contribution is 5.97. The highest BCUT2D eigenvalue weighted by Crippen LogP contribution is 2.40. The van der Waals surface area contributed by atoms with Crippen LogP contribution < -0.4 is 0 Å². The number of hydrogen-bond acceptors (Lipinski definition) is 2. The van der Waals surface area contributed by atoms with Gasteiger partial charge < -0.3 is 14.8 Å². The standard InChI is InChI=1S/C36H27N3O2/c40-35(27-13-3-1-4-14-27)38-23-21-25-11-7-9-17-29(25)33(38)31-19-20-32(37-31)34-30-18-10-8-12-26(30)22-24-39(34)36(41)28-15-5-2-6-16-28/h1-24,33-34,37H. The number of amides is 2. The molecular formula is C36H27N3O2. The van der Waals surface area contributed by atoms with E-state index in [9.17, 15) is 9.59 Å². The van der Waals surface area contributed by atoms with Gasteiger partial charge in [0, 0.05) is 34.9 Å². The van der Waals surface area contributed by atoms with Crippen molar-refractivity contribution < 1.29 is 9.59 Å². The normalized spacial score (nSPS) is 17.2. The lowest BCUT2D eigenvalue weighted by Gasteiger charge is -2.34. The highest BCUT2D eigenvalue weighted by Gasteiger charge is 2.34. The molecule has 0 spiro atoms. The Morgan fingerprint density at radius 3 is 1.32 bits per heavy atom. The van der Waals surface area contributed by atoms with Crippen LogP contribution in [-0.2, 0) is 0 Å². The van der Waals surface area contributed by atoms with Crippen molar-refractivity contribution in [3.05, 3.63) is 178 Å². The highest BCUT2D eigenvalue weighted by atomic mass is 16.2. The average Bonchev–Trinajstić information content (AvgIpc) is 3.53. The van der Waals surface area contributed by atoms with Crippen LogP contribution >= 0.6 is 0 Å². The number of fused-ring (bicyclic) bond motifs is 2. The summed E-state index contributed by atoms with van der Waals surface area (Å²) in [6.07, 6.45) is 7.71. The molecule has 5 nitrogen and oxygen atoms in total. The third-order valence-electron chi connectivity index (χ3n) is 7.80. The molecule has 1 aromatic heterocycles. The number of H-pyrrole nitrogens is 1. The van der Waals surface area contributed by atoms with Crippen molar-refractivity contribution in [1.29, 1.82) is 0 Å². The number of aromatic nitrogens is 1. The molecule has 0 fully saturated rings. The predicted octanol–water partition coefficient (Wildman–Crippen LogP) is 7.45. The van der Waals surface area contributed by atoms with Crippen molar-refractivity contribution in [2.75, 3.05) is 0 Å². The van der Waals surface area contributed by atoms with Crippen molar-refractivity contribution in [3.8, 4) is 0 Å². The van der Waals surface area contributed by atoms with E-state index in [1.165, 1.54) is 0 Å². The number of carbonyl (C=O) groups excluding carboxylic acids is 2. The van der Waals surface area contributed by atoms with Gasteiger partial charge in [0.15, 0.2) is 0 Å². The van der Waals surface area contributed by atoms with Crippen LogP contribution in [0.25, 0.3) is 12.2 Å². The van der Waals surface area contributed by atoms with Crippen molar-refractivity contribution in [1.82, 2.24) is 14.8 Å². The first-order valence-electron chi connectivity index (χ1n) is 13.7. The van der Waals surface area contributed by atoms with Gasteiger partial charge in [0.2, 0.25) is 0 Å². The Morgan fingerprint density at radius 1 is 0.488 bits per heavy atom. The van der Waals surface area contributed by atoms with Gasteiger partial charge in [-0.1, -0.05) is 84.9 Å². The fraction of sp³-hybridized carbons (Fsp3) is 0.0556. The number of nitrogens with zero attached hydrogens (tertiary/aromatic N) is 2. The smallest absolute Gasteiger partial charge is 0.258 e. The number of carbonyl (C=O) groups is 2. The van der Waals surface area contributed by atoms with E-state index in [2.05, 4.69) is 29.2 Å². The maximum absolute atomic E-state index is 13.8. The van der Waals surface area contributed by atoms with Gasteiger partial charge in [-0.15, -0.1) is 0 Å². The molecule has 0 saturated heterocycles. The summed E-state index contributed by atoms with van der Waals surface area (Å²) in [4.78, 5) is 34.7. The van der Waals surface area contributed by atoms with E-state index in [4.69, 9.17) is 0 Å². The molecule has 198 valence electrons. The van der Waals surface area contributed by atoms with Crippen LogP contribution in [-0.4, -0.2) is 26.6 Å². The lowest BCUT2D eigenvalue weighted by Crippen LogP contribution is -2.34. The van der Waals surface area contributed by atoms with E-state index in [0.29, 0.717) is 11.1 Å². The van der Waals surface area contributed by atoms with E-state index in [1.807, 2.05) is 122 Å². The number of benzene rings is 4. The second kappa shape index (κ2) is 10.3. The van der Waals surface area contributed by atoms with Crippen molar-refractivity contribution in [3.63, 3.8) is 0 Å². The van der Waals surface area contributed by atoms with Gasteiger partial charge in [0.05, 0.1) is 0 Å². The van der Waals surface area contributed by atoms with Gasteiger partial charge in [-0.3, -0.25) is 9.59 Å². The largest absolute Gasteiger partial charge is 0.358 e. The molecule has 0 saturated carbocycles. The van der Waals surface area contributed by atoms with Crippen LogP contribution in [0.3, 0.4) is 0 Å². The molecule has 0 aliphatic carbocycles. The maximum atomic E-state index is 13.8. The number of rotatable bonds is 4. The van der Waals surface area contributed by atoms with E-state index in [-0.39, 0.29) is 23.9 Å². The first-order valence-corrected chi connectivity index (χ1v) is 13.7. The van der Waals surface area contributed by atoms with Crippen LogP contribution in [0.1, 0.15) is 66.4 Å². The minimum atomic E-state index is -0.356. The molecule has 0 bridgehead atoms. The molecule has 5 heteroatoms. The number of nitrogens with one attached hydrogen (secondary N) is 1. The Bertz CT molecular complexity index is 1670. The fourth-order valence-corrected chi connectivity index (χ4v) is 5.83. The van der Waals surface area contributed by atoms with E-state index in [1.54, 1.807) is 9.80 Å². The Morgan fingerprint density at radius 2 is 0.878 bits per heavy atom. The predicted molar refractivity (Wildman–Crippen MR) is 161 cm³/mol. The minimum Gasteiger partial charge on any atom is -0.358 e. The van der Waals surface area contributed by atoms with Crippen molar-refractivity contribution in [2.45, 2.75) is 12.1 Å². The van der Waals surface area contributed by atoms with Crippen LogP contribution in [0.5, 0.6) is 0 Å². The van der Waals surface area contributed by atoms with E-state index in [0.717, 1.165) is 33.6 Å². The van der Waals surface area contributed by atoms with Crippen LogP contribution in [0.15, 0.2) is 134 Å². The molecule has 2 aliphatic rings. The fourth-order valence-electron chi connectivity index (χ4n) is 5.83. The summed E-state index contributed by atoms with van der Waals surface area (Å²) < 4.78 is 0. The monoisotopic (exact) mass is 533 g/mol. The van der Waals surface area contributed by atoms with Gasteiger partial charge in [-0.05, 0) is 70.8 Å². The second-order valence-electron chi connectivity index (χ2n) is 10.2. The molecular weight excluding hydrogens is 506 g/mol. The number of hydrogen-bond donors (Lipinski definition) is 1. The molecule has 3 heterocycles. The number of aromatic amines is 1. The zero-order valence-corrected chi connectivity index (χ0v) is 22.2. The Kier molecular flexibility index (Phi) is 6.17. The van der Waals surface area contributed by atoms with Gasteiger partial charge in [0.25, 0.3) is 11.8 Å². The molecule has 0 radical (unpaired) electrons. The molecule has 2 amide bonds. The summed E-state index contributed by atoms with van der Waals surface area (Å²) in [7, 11) is 0. The molecule has 2 aliphatic heterocycles. The van der Waals surface area contributed by atoms with E-state index >= 15 is 0 Å². The molecule has 4 aromatic carbocycles. The third-order valence-corrected chi connectivity index (χ3v) is 7.80. The van der Waals surface area contributed by atoms with Crippen LogP contribution in [0.4, 0.5) is 0 Å². The summed E-state index contributed by atoms with van der Waals surface area (Å²) in [6, 6.07) is 38.3. The maximum Gasteiger partial charge on any atom is 0.258 e. The van der Waals surface area contributed by atoms with Crippen molar-refractivity contribution >= 4 is 24.0 Å². The molecule has 2 atom stereocenters. The summed E-state index contributed by atoms with van der Waals surface area (Å²) >= 11 is 0. The van der Waals surface area contributed by atoms with Crippen LogP contribution in [0.2, 0.25) is 0 Å². The Balaban J connectivity index is 1.32. The minimum absolute atomic E-state index is 0.0793. The Labute approximate surface area is 238 Å². The zero-order valence-electron chi connectivity index (χ0n) is 22.2. The molecule has 1 N–H and O–H groups in total. The van der Waals surface area contributed by atoms with Gasteiger partial charge >= 0.3 is 0 Å². The zero-order chi connectivity index (χ0) is 27.8. The lowest BCUT2D eigenvalue weighted by atomic mass is 9.93. The van der Waals surface area contributed by atoms with Crippen molar-refractivity contribution in [2.24, 2.45) is 0 Å². The third kappa shape index (κ3) is 4.38. The SMILES string of the molecule is O=C(c1ccccc1)N1C=Cc2ccccc2C1c1ccc(C2c3ccccc3C=CN2C(=O)c2ccccc2)[nH]1. The molecule has 2 unspecified atom stereocenters. The first-order chi connectivity index (χ1) is 20.2. The van der Waals surface area contributed by atoms with Gasteiger partial charge in [-0.25, -0.2) is 0 Å². The van der Waals surface area contributed by atoms with Crippen LogP contribution in [0, 0.1) is 0 Å². The summed E-state index contributed by atoms with van der Waals surface area (Å²) in [5, 5.41) is 0. The second-order valence-corrected chi connectivity index (χ2v) is 10.2. The Hall–Kier alpha value is -5.42. The summed E-state index contributed by atoms with van der Waals surface area (Å²) in [6.45, 7) is 0. The molecule has 41 heavy (non-hydrogen) atoms.